The molecule has 0 saturated heterocycles. The fourth-order valence-electron chi connectivity index (χ4n) is 3.83. The molecular formula is C22H33FO. The minimum Gasteiger partial charge on any atom is -0.489 e. The average Bonchev–Trinajstić information content (AvgIpc) is 2.60. The van der Waals surface area contributed by atoms with Gasteiger partial charge in [-0.25, -0.2) is 4.39 Å². The molecule has 0 unspecified atom stereocenters. The SMILES string of the molecule is C=CCOc1ccc(CC[C@H]2CC[C@H](CCCCC)CC2)c(F)c1. The van der Waals surface area contributed by atoms with Crippen molar-refractivity contribution < 1.29 is 9.13 Å². The Bertz CT molecular complexity index is 489. The van der Waals surface area contributed by atoms with Crippen molar-refractivity contribution in [1.82, 2.24) is 0 Å². The Labute approximate surface area is 147 Å². The molecule has 1 aromatic rings. The van der Waals surface area contributed by atoms with Gasteiger partial charge in [0.15, 0.2) is 0 Å². The summed E-state index contributed by atoms with van der Waals surface area (Å²) in [7, 11) is 0. The Balaban J connectivity index is 1.71. The number of hydrogen-bond acceptors (Lipinski definition) is 1. The molecule has 0 amide bonds. The summed E-state index contributed by atoms with van der Waals surface area (Å²) in [6.45, 7) is 6.29. The number of rotatable bonds is 10. The van der Waals surface area contributed by atoms with Gasteiger partial charge in [0.25, 0.3) is 0 Å². The van der Waals surface area contributed by atoms with Gasteiger partial charge in [0.2, 0.25) is 0 Å². The second-order valence-electron chi connectivity index (χ2n) is 7.27. The first kappa shape index (κ1) is 19.0. The molecule has 1 nitrogen and oxygen atoms in total. The van der Waals surface area contributed by atoms with Crippen molar-refractivity contribution in [3.8, 4) is 5.75 Å². The van der Waals surface area contributed by atoms with E-state index in [2.05, 4.69) is 13.5 Å². The Kier molecular flexibility index (Phi) is 8.35. The molecular weight excluding hydrogens is 299 g/mol. The molecule has 0 N–H and O–H groups in total. The van der Waals surface area contributed by atoms with Crippen LogP contribution in [0, 0.1) is 17.7 Å². The first-order valence-electron chi connectivity index (χ1n) is 9.75. The molecule has 24 heavy (non-hydrogen) atoms. The van der Waals surface area contributed by atoms with Gasteiger partial charge >= 0.3 is 0 Å². The lowest BCUT2D eigenvalue weighted by atomic mass is 9.78. The van der Waals surface area contributed by atoms with Crippen LogP contribution in [0.1, 0.15) is 70.3 Å². The van der Waals surface area contributed by atoms with E-state index in [9.17, 15) is 4.39 Å². The normalized spacial score (nSPS) is 20.8. The van der Waals surface area contributed by atoms with Gasteiger partial charge in [0, 0.05) is 6.07 Å². The van der Waals surface area contributed by atoms with Gasteiger partial charge in [-0.3, -0.25) is 0 Å². The van der Waals surface area contributed by atoms with Gasteiger partial charge in [0.05, 0.1) is 0 Å². The van der Waals surface area contributed by atoms with Crippen LogP contribution in [0.15, 0.2) is 30.9 Å². The Hall–Kier alpha value is -1.31. The highest BCUT2D eigenvalue weighted by atomic mass is 19.1. The van der Waals surface area contributed by atoms with Crippen LogP contribution in [0.25, 0.3) is 0 Å². The first-order valence-corrected chi connectivity index (χ1v) is 9.75. The summed E-state index contributed by atoms with van der Waals surface area (Å²) in [6.07, 6.45) is 14.6. The topological polar surface area (TPSA) is 9.23 Å². The fraction of sp³-hybridized carbons (Fsp3) is 0.636. The Morgan fingerprint density at radius 2 is 1.83 bits per heavy atom. The molecule has 1 aromatic carbocycles. The van der Waals surface area contributed by atoms with E-state index in [-0.39, 0.29) is 5.82 Å². The lowest BCUT2D eigenvalue weighted by molar-refractivity contribution is 0.248. The van der Waals surface area contributed by atoms with Crippen LogP contribution in [0.2, 0.25) is 0 Å². The van der Waals surface area contributed by atoms with Crippen LogP contribution in [0.3, 0.4) is 0 Å². The van der Waals surface area contributed by atoms with E-state index >= 15 is 0 Å². The zero-order valence-electron chi connectivity index (χ0n) is 15.2. The second-order valence-corrected chi connectivity index (χ2v) is 7.27. The van der Waals surface area contributed by atoms with Gasteiger partial charge in [0.1, 0.15) is 18.2 Å². The molecule has 1 aliphatic rings. The summed E-state index contributed by atoms with van der Waals surface area (Å²) in [4.78, 5) is 0. The highest BCUT2D eigenvalue weighted by Gasteiger charge is 2.21. The molecule has 0 aliphatic heterocycles. The number of ether oxygens (including phenoxy) is 1. The van der Waals surface area contributed by atoms with Crippen molar-refractivity contribution in [2.24, 2.45) is 11.8 Å². The van der Waals surface area contributed by atoms with Crippen LogP contribution in [0.5, 0.6) is 5.75 Å². The molecule has 2 rings (SSSR count). The van der Waals surface area contributed by atoms with E-state index in [1.54, 1.807) is 6.08 Å². The van der Waals surface area contributed by atoms with Crippen LogP contribution in [-0.4, -0.2) is 6.61 Å². The van der Waals surface area contributed by atoms with Crippen molar-refractivity contribution in [2.75, 3.05) is 6.61 Å². The molecule has 134 valence electrons. The van der Waals surface area contributed by atoms with Gasteiger partial charge in [-0.15, -0.1) is 0 Å². The molecule has 0 radical (unpaired) electrons. The van der Waals surface area contributed by atoms with Crippen LogP contribution < -0.4 is 4.74 Å². The predicted octanol–water partition coefficient (Wildman–Crippen LogP) is 6.71. The van der Waals surface area contributed by atoms with E-state index in [1.807, 2.05) is 12.1 Å². The zero-order chi connectivity index (χ0) is 17.2. The number of benzene rings is 1. The third kappa shape index (κ3) is 6.30. The van der Waals surface area contributed by atoms with E-state index in [1.165, 1.54) is 57.4 Å². The smallest absolute Gasteiger partial charge is 0.130 e. The summed E-state index contributed by atoms with van der Waals surface area (Å²) in [5, 5.41) is 0. The van der Waals surface area contributed by atoms with E-state index in [0.717, 1.165) is 30.2 Å². The molecule has 1 aliphatic carbocycles. The molecule has 1 fully saturated rings. The summed E-state index contributed by atoms with van der Waals surface area (Å²) in [5.41, 5.74) is 0.825. The lowest BCUT2D eigenvalue weighted by Gasteiger charge is -2.28. The van der Waals surface area contributed by atoms with Crippen molar-refractivity contribution in [2.45, 2.75) is 71.1 Å². The van der Waals surface area contributed by atoms with Gasteiger partial charge in [-0.05, 0) is 36.3 Å². The zero-order valence-corrected chi connectivity index (χ0v) is 15.2. The van der Waals surface area contributed by atoms with Gasteiger partial charge < -0.3 is 4.74 Å². The van der Waals surface area contributed by atoms with E-state index in [4.69, 9.17) is 4.74 Å². The number of hydrogen-bond donors (Lipinski definition) is 0. The quantitative estimate of drug-likeness (QED) is 0.342. The summed E-state index contributed by atoms with van der Waals surface area (Å²) in [6, 6.07) is 5.25. The molecule has 0 spiro atoms. The van der Waals surface area contributed by atoms with Gasteiger partial charge in [-0.1, -0.05) is 77.0 Å². The number of halogens is 1. The van der Waals surface area contributed by atoms with E-state index < -0.39 is 0 Å². The first-order chi connectivity index (χ1) is 11.7. The van der Waals surface area contributed by atoms with Crippen molar-refractivity contribution in [1.29, 1.82) is 0 Å². The van der Waals surface area contributed by atoms with Gasteiger partial charge in [-0.2, -0.15) is 0 Å². The van der Waals surface area contributed by atoms with E-state index in [0.29, 0.717) is 12.4 Å². The second kappa shape index (κ2) is 10.5. The molecule has 1 saturated carbocycles. The molecule has 0 atom stereocenters. The van der Waals surface area contributed by atoms with Crippen LogP contribution in [0.4, 0.5) is 4.39 Å². The summed E-state index contributed by atoms with van der Waals surface area (Å²) < 4.78 is 19.5. The van der Waals surface area contributed by atoms with Crippen molar-refractivity contribution in [3.05, 3.63) is 42.2 Å². The molecule has 0 heterocycles. The standard InChI is InChI=1S/C22H33FO/c1-3-5-6-7-18-8-10-19(11-9-18)12-13-20-14-15-21(17-22(20)23)24-16-4-2/h4,14-15,17-19H,2-3,5-13,16H2,1H3/t18-,19-. The third-order valence-corrected chi connectivity index (χ3v) is 5.40. The maximum Gasteiger partial charge on any atom is 0.130 e. The molecule has 0 bridgehead atoms. The number of unbranched alkanes of at least 4 members (excludes halogenated alkanes) is 2. The monoisotopic (exact) mass is 332 g/mol. The molecule has 0 aromatic heterocycles. The predicted molar refractivity (Wildman–Crippen MR) is 100 cm³/mol. The fourth-order valence-corrected chi connectivity index (χ4v) is 3.83. The summed E-state index contributed by atoms with van der Waals surface area (Å²) >= 11 is 0. The number of aryl methyl sites for hydroxylation is 1. The summed E-state index contributed by atoms with van der Waals surface area (Å²) in [5.74, 6) is 2.18. The largest absolute Gasteiger partial charge is 0.489 e. The highest BCUT2D eigenvalue weighted by Crippen LogP contribution is 2.34. The van der Waals surface area contributed by atoms with Crippen molar-refractivity contribution >= 4 is 0 Å². The molecule has 2 heteroatoms. The third-order valence-electron chi connectivity index (χ3n) is 5.40. The highest BCUT2D eigenvalue weighted by molar-refractivity contribution is 5.29. The average molecular weight is 333 g/mol. The lowest BCUT2D eigenvalue weighted by Crippen LogP contribution is -2.15. The van der Waals surface area contributed by atoms with Crippen molar-refractivity contribution in [3.63, 3.8) is 0 Å². The maximum absolute atomic E-state index is 14.2. The Morgan fingerprint density at radius 3 is 2.46 bits per heavy atom. The maximum atomic E-state index is 14.2. The minimum absolute atomic E-state index is 0.134. The Morgan fingerprint density at radius 1 is 1.12 bits per heavy atom. The minimum atomic E-state index is -0.134. The van der Waals surface area contributed by atoms with Crippen LogP contribution >= 0.6 is 0 Å². The van der Waals surface area contributed by atoms with Crippen LogP contribution in [-0.2, 0) is 6.42 Å².